The Bertz CT molecular complexity index is 1620. The number of rotatable bonds is 8. The highest BCUT2D eigenvalue weighted by Crippen LogP contribution is 2.59. The van der Waals surface area contributed by atoms with Gasteiger partial charge in [-0.05, 0) is 62.1 Å². The number of hydrogen-bond donors (Lipinski definition) is 4. The zero-order valence-corrected chi connectivity index (χ0v) is 25.0. The molecule has 0 bridgehead atoms. The number of imidazole rings is 2. The maximum absolute atomic E-state index is 11.4. The number of aliphatic hydroxyl groups excluding tert-OH is 1. The molecule has 11 heteroatoms. The Balaban J connectivity index is 0.946. The van der Waals surface area contributed by atoms with Crippen LogP contribution >= 0.6 is 0 Å². The van der Waals surface area contributed by atoms with Gasteiger partial charge in [0.2, 0.25) is 0 Å². The summed E-state index contributed by atoms with van der Waals surface area (Å²) in [5, 5.41) is 22.7. The number of aromatic nitrogens is 6. The van der Waals surface area contributed by atoms with Crippen LogP contribution in [0.5, 0.6) is 0 Å². The van der Waals surface area contributed by atoms with Gasteiger partial charge in [-0.1, -0.05) is 26.8 Å². The molecule has 4 aromatic rings. The highest BCUT2D eigenvalue weighted by atomic mass is 16.6. The molecule has 2 aliphatic carbocycles. The molecule has 2 unspecified atom stereocenters. The predicted molar refractivity (Wildman–Crippen MR) is 160 cm³/mol. The lowest BCUT2D eigenvalue weighted by Gasteiger charge is -2.46. The number of benzene rings is 1. The van der Waals surface area contributed by atoms with Crippen molar-refractivity contribution in [1.29, 1.82) is 0 Å². The number of aliphatic hydroxyl groups is 2. The Morgan fingerprint density at radius 2 is 2.00 bits per heavy atom. The van der Waals surface area contributed by atoms with Crippen LogP contribution in [0.3, 0.4) is 0 Å². The minimum atomic E-state index is -1.37. The number of nitrogens with two attached hydrogens (primary N) is 1. The number of hydrogen-bond acceptors (Lipinski definition) is 9. The SMILES string of the molecule is CC(C)N(CC1O[C@H]2C(n3cnc4c(N)ncnc43)[C@]2(O)[C@@H]1O)C1CC(CCc2nc3ccc(C(C)(C)C)cc3[nH]2)C1. The van der Waals surface area contributed by atoms with Gasteiger partial charge < -0.3 is 30.2 Å². The zero-order valence-electron chi connectivity index (χ0n) is 25.0. The fourth-order valence-electron chi connectivity index (χ4n) is 7.20. The van der Waals surface area contributed by atoms with E-state index >= 15 is 0 Å². The van der Waals surface area contributed by atoms with Crippen molar-refractivity contribution in [3.8, 4) is 0 Å². The molecule has 42 heavy (non-hydrogen) atoms. The van der Waals surface area contributed by atoms with Crippen LogP contribution < -0.4 is 5.73 Å². The molecule has 3 aliphatic rings. The van der Waals surface area contributed by atoms with Gasteiger partial charge >= 0.3 is 0 Å². The standard InChI is InChI=1S/C31H42N8O3/c1-16(2)38(19-10-17(11-19)6-9-23-36-20-8-7-18(30(3,4)5)12-21(20)37-23)13-22-26(40)31(41)25(27(31)42-22)39-15-35-24-28(32)33-14-34-29(24)39/h7-8,12,14-17,19,22,25-27,40-41H,6,9-11,13H2,1-5H3,(H,36,37)(H2,32,33,34)/t17?,19?,22?,25?,26-,27+,31+/m1/s1. The van der Waals surface area contributed by atoms with E-state index in [0.717, 1.165) is 42.5 Å². The van der Waals surface area contributed by atoms with E-state index in [1.54, 1.807) is 10.9 Å². The molecule has 11 nitrogen and oxygen atoms in total. The number of aryl methyl sites for hydroxylation is 1. The van der Waals surface area contributed by atoms with Crippen LogP contribution in [0, 0.1) is 5.92 Å². The van der Waals surface area contributed by atoms with Crippen molar-refractivity contribution in [1.82, 2.24) is 34.4 Å². The largest absolute Gasteiger partial charge is 0.387 e. The first-order valence-corrected chi connectivity index (χ1v) is 15.2. The van der Waals surface area contributed by atoms with Gasteiger partial charge in [0.1, 0.15) is 35.5 Å². The van der Waals surface area contributed by atoms with E-state index in [1.165, 1.54) is 11.9 Å². The Hall–Kier alpha value is -3.12. The average Bonchev–Trinajstić information content (AvgIpc) is 3.28. The van der Waals surface area contributed by atoms with Gasteiger partial charge in [0.15, 0.2) is 11.5 Å². The third-order valence-corrected chi connectivity index (χ3v) is 9.86. The van der Waals surface area contributed by atoms with Crippen molar-refractivity contribution < 1.29 is 14.9 Å². The van der Waals surface area contributed by atoms with E-state index in [4.69, 9.17) is 15.5 Å². The second-order valence-electron chi connectivity index (χ2n) is 13.9. The van der Waals surface area contributed by atoms with Crippen molar-refractivity contribution in [2.45, 2.75) is 108 Å². The van der Waals surface area contributed by atoms with Crippen molar-refractivity contribution in [3.05, 3.63) is 42.2 Å². The molecule has 5 N–H and O–H groups in total. The molecule has 2 saturated carbocycles. The normalized spacial score (nSPS) is 30.9. The van der Waals surface area contributed by atoms with Gasteiger partial charge in [0.25, 0.3) is 0 Å². The number of nitrogens with zero attached hydrogens (tertiary/aromatic N) is 6. The molecule has 1 saturated heterocycles. The summed E-state index contributed by atoms with van der Waals surface area (Å²) < 4.78 is 8.03. The third kappa shape index (κ3) is 4.40. The molecule has 7 rings (SSSR count). The summed E-state index contributed by atoms with van der Waals surface area (Å²) in [6.07, 6.45) is 5.27. The van der Waals surface area contributed by atoms with E-state index in [2.05, 4.69) is 77.7 Å². The number of anilines is 1. The highest BCUT2D eigenvalue weighted by Gasteiger charge is 2.77. The van der Waals surface area contributed by atoms with E-state index < -0.39 is 30.0 Å². The fourth-order valence-corrected chi connectivity index (χ4v) is 7.20. The Morgan fingerprint density at radius 1 is 1.21 bits per heavy atom. The second kappa shape index (κ2) is 9.70. The molecule has 224 valence electrons. The predicted octanol–water partition coefficient (Wildman–Crippen LogP) is 3.12. The van der Waals surface area contributed by atoms with Gasteiger partial charge in [-0.15, -0.1) is 0 Å². The van der Waals surface area contributed by atoms with Gasteiger partial charge in [0.05, 0.1) is 29.5 Å². The second-order valence-corrected chi connectivity index (χ2v) is 13.9. The summed E-state index contributed by atoms with van der Waals surface area (Å²) in [7, 11) is 0. The molecule has 0 amide bonds. The summed E-state index contributed by atoms with van der Waals surface area (Å²) in [5.74, 6) is 1.99. The Labute approximate surface area is 245 Å². The number of fused-ring (bicyclic) bond motifs is 3. The van der Waals surface area contributed by atoms with E-state index in [-0.39, 0.29) is 11.2 Å². The zero-order chi connectivity index (χ0) is 29.6. The molecule has 3 fully saturated rings. The van der Waals surface area contributed by atoms with Gasteiger partial charge in [-0.25, -0.2) is 19.9 Å². The number of nitrogen functional groups attached to an aromatic ring is 1. The first kappa shape index (κ1) is 27.7. The molecule has 1 aliphatic heterocycles. The van der Waals surface area contributed by atoms with Crippen LogP contribution in [0.2, 0.25) is 0 Å². The Morgan fingerprint density at radius 3 is 2.69 bits per heavy atom. The van der Waals surface area contributed by atoms with Gasteiger partial charge in [-0.3, -0.25) is 4.90 Å². The smallest absolute Gasteiger partial charge is 0.165 e. The van der Waals surface area contributed by atoms with E-state index in [0.29, 0.717) is 35.7 Å². The summed E-state index contributed by atoms with van der Waals surface area (Å²) in [6, 6.07) is 6.83. The molecular formula is C31H42N8O3. The molecule has 3 aromatic heterocycles. The molecule has 0 spiro atoms. The molecule has 4 heterocycles. The van der Waals surface area contributed by atoms with Crippen LogP contribution in [0.1, 0.15) is 71.3 Å². The average molecular weight is 575 g/mol. The monoisotopic (exact) mass is 574 g/mol. The number of ether oxygens (including phenoxy) is 1. The molecular weight excluding hydrogens is 532 g/mol. The summed E-state index contributed by atoms with van der Waals surface area (Å²) >= 11 is 0. The maximum Gasteiger partial charge on any atom is 0.165 e. The van der Waals surface area contributed by atoms with Crippen LogP contribution in [0.25, 0.3) is 22.2 Å². The summed E-state index contributed by atoms with van der Waals surface area (Å²) in [5.41, 5.74) is 9.15. The van der Waals surface area contributed by atoms with Crippen molar-refractivity contribution in [2.75, 3.05) is 12.3 Å². The van der Waals surface area contributed by atoms with Crippen molar-refractivity contribution >= 4 is 28.0 Å². The number of nitrogens with one attached hydrogen (secondary N) is 1. The van der Waals surface area contributed by atoms with Gasteiger partial charge in [0, 0.05) is 25.0 Å². The van der Waals surface area contributed by atoms with Gasteiger partial charge in [-0.2, -0.15) is 0 Å². The minimum Gasteiger partial charge on any atom is -0.387 e. The van der Waals surface area contributed by atoms with E-state index in [9.17, 15) is 10.2 Å². The molecule has 5 atom stereocenters. The summed E-state index contributed by atoms with van der Waals surface area (Å²) in [4.78, 5) is 23.4. The van der Waals surface area contributed by atoms with Crippen LogP contribution in [-0.4, -0.2) is 87.1 Å². The lowest BCUT2D eigenvalue weighted by atomic mass is 9.76. The third-order valence-electron chi connectivity index (χ3n) is 9.86. The van der Waals surface area contributed by atoms with Crippen LogP contribution in [0.15, 0.2) is 30.9 Å². The lowest BCUT2D eigenvalue weighted by molar-refractivity contribution is -0.0710. The first-order valence-electron chi connectivity index (χ1n) is 15.2. The van der Waals surface area contributed by atoms with Crippen LogP contribution in [-0.2, 0) is 16.6 Å². The number of H-pyrrole nitrogens is 1. The van der Waals surface area contributed by atoms with E-state index in [1.807, 2.05) is 0 Å². The van der Waals surface area contributed by atoms with Crippen LogP contribution in [0.4, 0.5) is 5.82 Å². The quantitative estimate of drug-likeness (QED) is 0.249. The molecule has 1 aromatic carbocycles. The summed E-state index contributed by atoms with van der Waals surface area (Å²) in [6.45, 7) is 11.7. The maximum atomic E-state index is 11.4. The highest BCUT2D eigenvalue weighted by molar-refractivity contribution is 5.81. The minimum absolute atomic E-state index is 0.113. The topological polar surface area (TPSA) is 151 Å². The first-order chi connectivity index (χ1) is 19.9. The number of aromatic amines is 1. The Kier molecular flexibility index (Phi) is 6.40. The van der Waals surface area contributed by atoms with Crippen molar-refractivity contribution in [3.63, 3.8) is 0 Å². The lowest BCUT2D eigenvalue weighted by Crippen LogP contribution is -2.53. The van der Waals surface area contributed by atoms with Crippen molar-refractivity contribution in [2.24, 2.45) is 5.92 Å². The molecule has 0 radical (unpaired) electrons. The fraction of sp³-hybridized carbons (Fsp3) is 0.613.